The second-order valence-corrected chi connectivity index (χ2v) is 7.71. The van der Waals surface area contributed by atoms with E-state index in [4.69, 9.17) is 11.6 Å². The van der Waals surface area contributed by atoms with E-state index < -0.39 is 0 Å². The molecule has 33 heavy (non-hydrogen) atoms. The van der Waals surface area contributed by atoms with Gasteiger partial charge in [0, 0.05) is 47.1 Å². The summed E-state index contributed by atoms with van der Waals surface area (Å²) >= 11 is 6.21. The molecule has 1 aromatic heterocycles. The highest BCUT2D eigenvalue weighted by molar-refractivity contribution is 6.30. The van der Waals surface area contributed by atoms with Crippen molar-refractivity contribution >= 4 is 57.7 Å². The molecule has 5 nitrogen and oxygen atoms in total. The van der Waals surface area contributed by atoms with Crippen molar-refractivity contribution in [3.05, 3.63) is 83.5 Å². The number of allylic oxidation sites excluding steroid dienone is 1. The summed E-state index contributed by atoms with van der Waals surface area (Å²) in [5, 5.41) is 8.93. The van der Waals surface area contributed by atoms with Gasteiger partial charge in [0.1, 0.15) is 0 Å². The highest BCUT2D eigenvalue weighted by Crippen LogP contribution is 2.37. The molecule has 3 aromatic carbocycles. The first-order valence-electron chi connectivity index (χ1n) is 10.3. The molecule has 0 aliphatic rings. The Kier molecular flexibility index (Phi) is 7.55. The SMILES string of the molecule is C#C.C=Nc1ccc(/C(=C/C)N(C)c2cccc(Cl)c2)cc1N(C)c1ccc2cn[nH]c2c1. The maximum Gasteiger partial charge on any atom is 0.0859 e. The summed E-state index contributed by atoms with van der Waals surface area (Å²) in [6.07, 6.45) is 11.9. The van der Waals surface area contributed by atoms with Gasteiger partial charge in [0.05, 0.1) is 23.1 Å². The van der Waals surface area contributed by atoms with E-state index in [1.165, 1.54) is 0 Å². The second-order valence-electron chi connectivity index (χ2n) is 7.27. The summed E-state index contributed by atoms with van der Waals surface area (Å²) in [7, 11) is 4.07. The fourth-order valence-corrected chi connectivity index (χ4v) is 3.92. The van der Waals surface area contributed by atoms with Gasteiger partial charge in [-0.15, -0.1) is 12.8 Å². The first kappa shape index (κ1) is 23.6. The smallest absolute Gasteiger partial charge is 0.0859 e. The van der Waals surface area contributed by atoms with Gasteiger partial charge in [-0.1, -0.05) is 29.8 Å². The minimum absolute atomic E-state index is 0.709. The number of nitrogens with zero attached hydrogens (tertiary/aromatic N) is 4. The predicted octanol–water partition coefficient (Wildman–Crippen LogP) is 7.06. The van der Waals surface area contributed by atoms with Gasteiger partial charge in [0.15, 0.2) is 0 Å². The molecule has 166 valence electrons. The van der Waals surface area contributed by atoms with Gasteiger partial charge in [0.25, 0.3) is 0 Å². The summed E-state index contributed by atoms with van der Waals surface area (Å²) in [5.74, 6) is 0. The zero-order chi connectivity index (χ0) is 24.0. The molecule has 0 saturated heterocycles. The zero-order valence-electron chi connectivity index (χ0n) is 19.0. The Bertz CT molecular complexity index is 1320. The number of aliphatic imine (C=N–C) groups is 1. The molecule has 1 heterocycles. The van der Waals surface area contributed by atoms with Gasteiger partial charge in [-0.25, -0.2) is 0 Å². The average Bonchev–Trinajstić information content (AvgIpc) is 3.33. The van der Waals surface area contributed by atoms with Gasteiger partial charge in [-0.3, -0.25) is 10.1 Å². The molecule has 0 fully saturated rings. The van der Waals surface area contributed by atoms with Gasteiger partial charge in [-0.2, -0.15) is 5.10 Å². The van der Waals surface area contributed by atoms with E-state index in [-0.39, 0.29) is 0 Å². The second kappa shape index (κ2) is 10.5. The summed E-state index contributed by atoms with van der Waals surface area (Å²) < 4.78 is 0. The Labute approximate surface area is 200 Å². The van der Waals surface area contributed by atoms with Crippen molar-refractivity contribution in [3.63, 3.8) is 0 Å². The van der Waals surface area contributed by atoms with Crippen LogP contribution in [0.1, 0.15) is 12.5 Å². The number of fused-ring (bicyclic) bond motifs is 1. The lowest BCUT2D eigenvalue weighted by atomic mass is 10.1. The zero-order valence-corrected chi connectivity index (χ0v) is 19.7. The molecule has 0 bridgehead atoms. The average molecular weight is 456 g/mol. The quantitative estimate of drug-likeness (QED) is 0.250. The van der Waals surface area contributed by atoms with E-state index in [1.54, 1.807) is 0 Å². The number of H-pyrrole nitrogens is 1. The van der Waals surface area contributed by atoms with Crippen molar-refractivity contribution in [1.29, 1.82) is 0 Å². The van der Waals surface area contributed by atoms with Crippen LogP contribution in [0.2, 0.25) is 5.02 Å². The lowest BCUT2D eigenvalue weighted by Crippen LogP contribution is -2.16. The maximum absolute atomic E-state index is 6.21. The third-order valence-corrected chi connectivity index (χ3v) is 5.68. The molecule has 0 aliphatic heterocycles. The van der Waals surface area contributed by atoms with E-state index in [9.17, 15) is 0 Å². The highest BCUT2D eigenvalue weighted by Gasteiger charge is 2.15. The molecule has 0 atom stereocenters. The first-order chi connectivity index (χ1) is 16.0. The van der Waals surface area contributed by atoms with Crippen LogP contribution in [-0.4, -0.2) is 31.0 Å². The number of hydrogen-bond donors (Lipinski definition) is 1. The van der Waals surface area contributed by atoms with Crippen LogP contribution < -0.4 is 9.80 Å². The van der Waals surface area contributed by atoms with Crippen molar-refractivity contribution < 1.29 is 0 Å². The van der Waals surface area contributed by atoms with Crippen LogP contribution in [0.3, 0.4) is 0 Å². The normalized spacial score (nSPS) is 10.9. The summed E-state index contributed by atoms with van der Waals surface area (Å²) in [5.41, 5.74) is 6.96. The molecular formula is C27H26ClN5. The number of anilines is 3. The monoisotopic (exact) mass is 455 g/mol. The van der Waals surface area contributed by atoms with Crippen LogP contribution in [-0.2, 0) is 0 Å². The first-order valence-corrected chi connectivity index (χ1v) is 10.7. The van der Waals surface area contributed by atoms with Crippen LogP contribution in [0.4, 0.5) is 22.7 Å². The number of nitrogens with one attached hydrogen (secondary N) is 1. The molecule has 0 unspecified atom stereocenters. The lowest BCUT2D eigenvalue weighted by Gasteiger charge is -2.26. The van der Waals surface area contributed by atoms with Gasteiger partial charge in [-0.05, 0) is 62.2 Å². The topological polar surface area (TPSA) is 47.5 Å². The van der Waals surface area contributed by atoms with Crippen molar-refractivity contribution in [2.24, 2.45) is 4.99 Å². The van der Waals surface area contributed by atoms with E-state index >= 15 is 0 Å². The molecule has 4 aromatic rings. The van der Waals surface area contributed by atoms with E-state index in [2.05, 4.69) is 81.0 Å². The number of aromatic nitrogens is 2. The Balaban J connectivity index is 0.00000149. The van der Waals surface area contributed by atoms with E-state index in [1.807, 2.05) is 57.5 Å². The fourth-order valence-electron chi connectivity index (χ4n) is 3.74. The lowest BCUT2D eigenvalue weighted by molar-refractivity contribution is 1.12. The third-order valence-electron chi connectivity index (χ3n) is 5.45. The summed E-state index contributed by atoms with van der Waals surface area (Å²) in [4.78, 5) is 8.49. The maximum atomic E-state index is 6.21. The summed E-state index contributed by atoms with van der Waals surface area (Å²) in [6.45, 7) is 5.80. The minimum atomic E-state index is 0.709. The minimum Gasteiger partial charge on any atom is -0.344 e. The van der Waals surface area contributed by atoms with Gasteiger partial charge >= 0.3 is 0 Å². The molecule has 1 N–H and O–H groups in total. The van der Waals surface area contributed by atoms with E-state index in [0.29, 0.717) is 5.02 Å². The Morgan fingerprint density at radius 3 is 2.55 bits per heavy atom. The molecule has 0 amide bonds. The number of benzene rings is 3. The number of terminal acetylenes is 1. The predicted molar refractivity (Wildman–Crippen MR) is 143 cm³/mol. The van der Waals surface area contributed by atoms with Crippen LogP contribution in [0.5, 0.6) is 0 Å². The molecule has 0 aliphatic carbocycles. The highest BCUT2D eigenvalue weighted by atomic mass is 35.5. The summed E-state index contributed by atoms with van der Waals surface area (Å²) in [6, 6.07) is 20.2. The standard InChI is InChI=1S/C25H24ClN5.C2H2/c1-5-24(30(3)20-8-6-7-19(26)14-20)17-10-12-22(27-2)25(13-17)31(4)21-11-9-18-16-28-29-23(18)15-21;1-2/h5-16H,2H2,1,3-4H3,(H,28,29);1-2H/b24-5-;. The molecule has 0 spiro atoms. The van der Waals surface area contributed by atoms with Gasteiger partial charge < -0.3 is 9.80 Å². The van der Waals surface area contributed by atoms with Gasteiger partial charge in [0.2, 0.25) is 0 Å². The number of halogens is 1. The molecule has 6 heteroatoms. The number of hydrogen-bond acceptors (Lipinski definition) is 4. The largest absolute Gasteiger partial charge is 0.344 e. The van der Waals surface area contributed by atoms with E-state index in [0.717, 1.165) is 44.9 Å². The third kappa shape index (κ3) is 4.92. The number of aromatic amines is 1. The Morgan fingerprint density at radius 1 is 1.06 bits per heavy atom. The Hall–Kier alpha value is -4.01. The van der Waals surface area contributed by atoms with Crippen LogP contribution in [0, 0.1) is 12.8 Å². The van der Waals surface area contributed by atoms with Crippen LogP contribution in [0.25, 0.3) is 16.6 Å². The number of rotatable bonds is 6. The van der Waals surface area contributed by atoms with Crippen molar-refractivity contribution in [3.8, 4) is 12.8 Å². The fraction of sp³-hybridized carbons (Fsp3) is 0.111. The van der Waals surface area contributed by atoms with Crippen molar-refractivity contribution in [2.45, 2.75) is 6.92 Å². The van der Waals surface area contributed by atoms with Crippen molar-refractivity contribution in [1.82, 2.24) is 10.2 Å². The molecular weight excluding hydrogens is 430 g/mol. The van der Waals surface area contributed by atoms with Crippen molar-refractivity contribution in [2.75, 3.05) is 23.9 Å². The molecule has 4 rings (SSSR count). The molecule has 0 saturated carbocycles. The Morgan fingerprint density at radius 2 is 1.85 bits per heavy atom. The van der Waals surface area contributed by atoms with Crippen LogP contribution in [0.15, 0.2) is 77.9 Å². The van der Waals surface area contributed by atoms with Crippen LogP contribution >= 0.6 is 11.6 Å². The molecule has 0 radical (unpaired) electrons.